The zero-order chi connectivity index (χ0) is 19.9. The Labute approximate surface area is 176 Å². The fraction of sp³-hybridized carbons (Fsp3) is 0.391. The lowest BCUT2D eigenvalue weighted by Gasteiger charge is -2.21. The molecule has 2 N–H and O–H groups in total. The number of fused-ring (bicyclic) bond motifs is 1. The second-order valence-corrected chi connectivity index (χ2v) is 8.45. The Morgan fingerprint density at radius 1 is 1.03 bits per heavy atom. The van der Waals surface area contributed by atoms with Gasteiger partial charge in [-0.05, 0) is 53.3 Å². The molecular formula is C23H28N4OS. The minimum absolute atomic E-state index is 0.138. The van der Waals surface area contributed by atoms with Crippen LogP contribution < -0.4 is 15.5 Å². The van der Waals surface area contributed by atoms with Crippen LogP contribution in [0.4, 0.5) is 10.6 Å². The summed E-state index contributed by atoms with van der Waals surface area (Å²) in [5, 5.41) is 9.35. The molecule has 2 amide bonds. The summed E-state index contributed by atoms with van der Waals surface area (Å²) in [5.74, 6) is 1.04. The number of amides is 2. The van der Waals surface area contributed by atoms with E-state index < -0.39 is 0 Å². The van der Waals surface area contributed by atoms with Gasteiger partial charge in [0.15, 0.2) is 0 Å². The molecule has 152 valence electrons. The number of urea groups is 1. The van der Waals surface area contributed by atoms with Crippen molar-refractivity contribution in [3.05, 3.63) is 59.1 Å². The number of anilines is 1. The standard InChI is InChI=1S/C23H28N4OS/c28-23(24-12-11-19-17-29-21-8-4-3-7-20(19)21)26-16-18-9-10-22(25-15-18)27-13-5-1-2-6-14-27/h3-4,7-10,15,17H,1-2,5-6,11-14,16H2,(H2,24,26,28). The summed E-state index contributed by atoms with van der Waals surface area (Å²) in [6.07, 6.45) is 7.83. The van der Waals surface area contributed by atoms with Gasteiger partial charge in [0.2, 0.25) is 0 Å². The highest BCUT2D eigenvalue weighted by atomic mass is 32.1. The van der Waals surface area contributed by atoms with Crippen LogP contribution in [0, 0.1) is 0 Å². The summed E-state index contributed by atoms with van der Waals surface area (Å²) in [6.45, 7) is 3.29. The first-order valence-electron chi connectivity index (χ1n) is 10.5. The van der Waals surface area contributed by atoms with Crippen molar-refractivity contribution in [2.75, 3.05) is 24.5 Å². The van der Waals surface area contributed by atoms with Crippen LogP contribution in [0.1, 0.15) is 36.8 Å². The van der Waals surface area contributed by atoms with Gasteiger partial charge in [-0.3, -0.25) is 0 Å². The molecule has 1 fully saturated rings. The van der Waals surface area contributed by atoms with Crippen LogP contribution in [0.2, 0.25) is 0 Å². The van der Waals surface area contributed by atoms with E-state index >= 15 is 0 Å². The zero-order valence-corrected chi connectivity index (χ0v) is 17.5. The fourth-order valence-electron chi connectivity index (χ4n) is 3.79. The van der Waals surface area contributed by atoms with E-state index in [-0.39, 0.29) is 6.03 Å². The zero-order valence-electron chi connectivity index (χ0n) is 16.7. The van der Waals surface area contributed by atoms with Crippen LogP contribution in [-0.2, 0) is 13.0 Å². The highest BCUT2D eigenvalue weighted by molar-refractivity contribution is 7.17. The summed E-state index contributed by atoms with van der Waals surface area (Å²) in [4.78, 5) is 19.1. The van der Waals surface area contributed by atoms with Gasteiger partial charge in [-0.1, -0.05) is 37.1 Å². The molecule has 6 heteroatoms. The van der Waals surface area contributed by atoms with Crippen molar-refractivity contribution < 1.29 is 4.79 Å². The SMILES string of the molecule is O=C(NCCc1csc2ccccc12)NCc1ccc(N2CCCCCC2)nc1. The number of thiophene rings is 1. The van der Waals surface area contributed by atoms with Crippen molar-refractivity contribution >= 4 is 33.3 Å². The molecule has 0 bridgehead atoms. The smallest absolute Gasteiger partial charge is 0.315 e. The molecule has 3 heterocycles. The lowest BCUT2D eigenvalue weighted by atomic mass is 10.1. The third kappa shape index (κ3) is 5.26. The van der Waals surface area contributed by atoms with Crippen molar-refractivity contribution in [3.8, 4) is 0 Å². The van der Waals surface area contributed by atoms with Crippen molar-refractivity contribution in [3.63, 3.8) is 0 Å². The third-order valence-corrected chi connectivity index (χ3v) is 6.45. The number of benzene rings is 1. The highest BCUT2D eigenvalue weighted by Gasteiger charge is 2.11. The number of nitrogens with zero attached hydrogens (tertiary/aromatic N) is 2. The minimum atomic E-state index is -0.138. The Hall–Kier alpha value is -2.60. The van der Waals surface area contributed by atoms with Gasteiger partial charge in [0.1, 0.15) is 5.82 Å². The van der Waals surface area contributed by atoms with E-state index in [0.29, 0.717) is 13.1 Å². The molecule has 0 spiro atoms. The van der Waals surface area contributed by atoms with Crippen molar-refractivity contribution in [2.45, 2.75) is 38.6 Å². The first-order valence-corrected chi connectivity index (χ1v) is 11.3. The number of nitrogens with one attached hydrogen (secondary N) is 2. The fourth-order valence-corrected chi connectivity index (χ4v) is 4.79. The molecule has 0 aliphatic carbocycles. The predicted molar refractivity (Wildman–Crippen MR) is 121 cm³/mol. The number of carbonyl (C=O) groups excluding carboxylic acids is 1. The normalized spacial score (nSPS) is 14.6. The molecular weight excluding hydrogens is 380 g/mol. The molecule has 0 atom stereocenters. The van der Waals surface area contributed by atoms with Crippen molar-refractivity contribution in [1.82, 2.24) is 15.6 Å². The summed E-state index contributed by atoms with van der Waals surface area (Å²) in [6, 6.07) is 12.4. The summed E-state index contributed by atoms with van der Waals surface area (Å²) < 4.78 is 1.29. The van der Waals surface area contributed by atoms with Crippen molar-refractivity contribution in [1.29, 1.82) is 0 Å². The molecule has 0 saturated carbocycles. The molecule has 0 radical (unpaired) electrons. The molecule has 2 aromatic heterocycles. The molecule has 1 aromatic carbocycles. The second kappa shape index (κ2) is 9.74. The lowest BCUT2D eigenvalue weighted by molar-refractivity contribution is 0.240. The molecule has 5 nitrogen and oxygen atoms in total. The molecule has 0 unspecified atom stereocenters. The van der Waals surface area contributed by atoms with Crippen LogP contribution in [0.15, 0.2) is 48.0 Å². The minimum Gasteiger partial charge on any atom is -0.357 e. The number of hydrogen-bond donors (Lipinski definition) is 2. The van der Waals surface area contributed by atoms with E-state index in [1.165, 1.54) is 41.3 Å². The first-order chi connectivity index (χ1) is 14.3. The summed E-state index contributed by atoms with van der Waals surface area (Å²) in [7, 11) is 0. The van der Waals surface area contributed by atoms with Gasteiger partial charge >= 0.3 is 6.03 Å². The quantitative estimate of drug-likeness (QED) is 0.621. The first kappa shape index (κ1) is 19.7. The Bertz CT molecular complexity index is 929. The number of aromatic nitrogens is 1. The molecule has 1 aliphatic rings. The van der Waals surface area contributed by atoms with E-state index in [1.807, 2.05) is 6.20 Å². The topological polar surface area (TPSA) is 57.3 Å². The van der Waals surface area contributed by atoms with E-state index in [4.69, 9.17) is 0 Å². The molecule has 1 aliphatic heterocycles. The van der Waals surface area contributed by atoms with Gasteiger partial charge < -0.3 is 15.5 Å². The maximum Gasteiger partial charge on any atom is 0.315 e. The Balaban J connectivity index is 1.21. The molecule has 29 heavy (non-hydrogen) atoms. The van der Waals surface area contributed by atoms with Crippen LogP contribution in [-0.4, -0.2) is 30.6 Å². The maximum absolute atomic E-state index is 12.1. The number of pyridine rings is 1. The maximum atomic E-state index is 12.1. The van der Waals surface area contributed by atoms with Gasteiger partial charge in [-0.15, -0.1) is 11.3 Å². The van der Waals surface area contributed by atoms with Gasteiger partial charge in [-0.25, -0.2) is 9.78 Å². The van der Waals surface area contributed by atoms with E-state index in [9.17, 15) is 4.79 Å². The summed E-state index contributed by atoms with van der Waals surface area (Å²) in [5.41, 5.74) is 2.31. The largest absolute Gasteiger partial charge is 0.357 e. The average Bonchev–Trinajstić information content (AvgIpc) is 2.97. The number of rotatable bonds is 6. The van der Waals surface area contributed by atoms with Crippen LogP contribution in [0.5, 0.6) is 0 Å². The lowest BCUT2D eigenvalue weighted by Crippen LogP contribution is -2.36. The average molecular weight is 409 g/mol. The van der Waals surface area contributed by atoms with E-state index in [1.54, 1.807) is 11.3 Å². The third-order valence-electron chi connectivity index (χ3n) is 5.43. The Morgan fingerprint density at radius 2 is 1.86 bits per heavy atom. The van der Waals surface area contributed by atoms with Crippen molar-refractivity contribution in [2.24, 2.45) is 0 Å². The number of hydrogen-bond acceptors (Lipinski definition) is 4. The molecule has 1 saturated heterocycles. The predicted octanol–water partition coefficient (Wildman–Crippen LogP) is 4.72. The molecule has 4 rings (SSSR count). The molecule has 3 aromatic rings. The van der Waals surface area contributed by atoms with Gasteiger partial charge in [0.05, 0.1) is 0 Å². The van der Waals surface area contributed by atoms with Gasteiger partial charge in [0, 0.05) is 37.1 Å². The van der Waals surface area contributed by atoms with Gasteiger partial charge in [-0.2, -0.15) is 0 Å². The number of carbonyl (C=O) groups is 1. The van der Waals surface area contributed by atoms with E-state index in [0.717, 1.165) is 30.9 Å². The van der Waals surface area contributed by atoms with Crippen LogP contribution in [0.25, 0.3) is 10.1 Å². The van der Waals surface area contributed by atoms with Gasteiger partial charge in [0.25, 0.3) is 0 Å². The Kier molecular flexibility index (Phi) is 6.62. The highest BCUT2D eigenvalue weighted by Crippen LogP contribution is 2.25. The van der Waals surface area contributed by atoms with Crippen LogP contribution in [0.3, 0.4) is 0 Å². The summed E-state index contributed by atoms with van der Waals surface area (Å²) >= 11 is 1.75. The second-order valence-electron chi connectivity index (χ2n) is 7.54. The Morgan fingerprint density at radius 3 is 2.66 bits per heavy atom. The monoisotopic (exact) mass is 408 g/mol. The van der Waals surface area contributed by atoms with Crippen LogP contribution >= 0.6 is 11.3 Å². The van der Waals surface area contributed by atoms with E-state index in [2.05, 4.69) is 62.3 Å².